The molecule has 0 bridgehead atoms. The van der Waals surface area contributed by atoms with Crippen molar-refractivity contribution in [2.24, 2.45) is 0 Å². The molecule has 128 valence electrons. The first-order valence-corrected chi connectivity index (χ1v) is 8.56. The van der Waals surface area contributed by atoms with Gasteiger partial charge in [-0.2, -0.15) is 0 Å². The zero-order valence-electron chi connectivity index (χ0n) is 14.2. The van der Waals surface area contributed by atoms with E-state index in [1.807, 2.05) is 38.5 Å². The first-order chi connectivity index (χ1) is 12.0. The van der Waals surface area contributed by atoms with Gasteiger partial charge in [-0.3, -0.25) is 9.78 Å². The Hall–Kier alpha value is -2.87. The molecular weight excluding hydrogens is 336 g/mol. The van der Waals surface area contributed by atoms with Gasteiger partial charge in [-0.1, -0.05) is 0 Å². The molecule has 0 aliphatic rings. The predicted octanol–water partition coefficient (Wildman–Crippen LogP) is 2.30. The van der Waals surface area contributed by atoms with Crippen molar-refractivity contribution in [3.63, 3.8) is 0 Å². The summed E-state index contributed by atoms with van der Waals surface area (Å²) < 4.78 is 0. The Morgan fingerprint density at radius 2 is 2.00 bits per heavy atom. The topological polar surface area (TPSA) is 83.9 Å². The van der Waals surface area contributed by atoms with Gasteiger partial charge in [-0.15, -0.1) is 11.3 Å². The Balaban J connectivity index is 1.90. The lowest BCUT2D eigenvalue weighted by Crippen LogP contribution is -2.24. The minimum Gasteiger partial charge on any atom is -0.347 e. The Kier molecular flexibility index (Phi) is 4.99. The maximum Gasteiger partial charge on any atom is 0.255 e. The largest absolute Gasteiger partial charge is 0.347 e. The molecule has 1 N–H and O–H groups in total. The molecule has 0 saturated carbocycles. The molecule has 3 aromatic heterocycles. The van der Waals surface area contributed by atoms with Gasteiger partial charge in [0.05, 0.1) is 17.8 Å². The van der Waals surface area contributed by atoms with Gasteiger partial charge in [0.2, 0.25) is 5.95 Å². The molecule has 0 atom stereocenters. The fourth-order valence-corrected chi connectivity index (χ4v) is 2.93. The minimum atomic E-state index is -0.232. The van der Waals surface area contributed by atoms with Crippen LogP contribution in [0.3, 0.4) is 0 Å². The van der Waals surface area contributed by atoms with Crippen LogP contribution < -0.4 is 10.2 Å². The lowest BCUT2D eigenvalue weighted by Gasteiger charge is -2.14. The van der Waals surface area contributed by atoms with Crippen molar-refractivity contribution in [1.29, 1.82) is 0 Å². The van der Waals surface area contributed by atoms with E-state index in [2.05, 4.69) is 25.3 Å². The predicted molar refractivity (Wildman–Crippen MR) is 97.6 cm³/mol. The number of carbonyl (C=O) groups is 1. The first kappa shape index (κ1) is 17.0. The summed E-state index contributed by atoms with van der Waals surface area (Å²) in [5.74, 6) is 0.309. The maximum absolute atomic E-state index is 12.7. The van der Waals surface area contributed by atoms with E-state index in [1.54, 1.807) is 23.5 Å². The van der Waals surface area contributed by atoms with Crippen LogP contribution in [0.25, 0.3) is 11.3 Å². The number of aryl methyl sites for hydroxylation is 1. The monoisotopic (exact) mass is 354 g/mol. The summed E-state index contributed by atoms with van der Waals surface area (Å²) in [5.41, 5.74) is 2.76. The van der Waals surface area contributed by atoms with Gasteiger partial charge >= 0.3 is 0 Å². The minimum absolute atomic E-state index is 0.232. The van der Waals surface area contributed by atoms with Gasteiger partial charge < -0.3 is 10.2 Å². The summed E-state index contributed by atoms with van der Waals surface area (Å²) in [5, 5.41) is 5.71. The summed E-state index contributed by atoms with van der Waals surface area (Å²) >= 11 is 1.52. The van der Waals surface area contributed by atoms with E-state index in [9.17, 15) is 4.79 Å². The molecule has 7 nitrogen and oxygen atoms in total. The third-order valence-corrected chi connectivity index (χ3v) is 4.41. The van der Waals surface area contributed by atoms with Crippen LogP contribution in [0.15, 0.2) is 36.1 Å². The average molecular weight is 354 g/mol. The highest BCUT2D eigenvalue weighted by atomic mass is 32.1. The van der Waals surface area contributed by atoms with Crippen molar-refractivity contribution in [1.82, 2.24) is 25.3 Å². The molecule has 3 heterocycles. The van der Waals surface area contributed by atoms with Crippen LogP contribution in [-0.2, 0) is 6.54 Å². The van der Waals surface area contributed by atoms with Crippen LogP contribution in [0.5, 0.6) is 0 Å². The zero-order chi connectivity index (χ0) is 17.8. The number of amides is 1. The number of nitrogens with one attached hydrogen (secondary N) is 1. The molecule has 0 aromatic carbocycles. The van der Waals surface area contributed by atoms with E-state index < -0.39 is 0 Å². The number of hydrogen-bond donors (Lipinski definition) is 1. The number of thiazole rings is 1. The summed E-state index contributed by atoms with van der Waals surface area (Å²) in [4.78, 5) is 31.6. The average Bonchev–Trinajstić information content (AvgIpc) is 3.05. The Morgan fingerprint density at radius 3 is 2.64 bits per heavy atom. The van der Waals surface area contributed by atoms with Crippen molar-refractivity contribution < 1.29 is 4.79 Å². The van der Waals surface area contributed by atoms with E-state index in [4.69, 9.17) is 0 Å². The molecule has 0 aliphatic carbocycles. The summed E-state index contributed by atoms with van der Waals surface area (Å²) in [6.45, 7) is 2.31. The number of hydrogen-bond acceptors (Lipinski definition) is 7. The number of anilines is 1. The number of carbonyl (C=O) groups excluding carboxylic acids is 1. The highest BCUT2D eigenvalue weighted by Crippen LogP contribution is 2.22. The molecule has 0 radical (unpaired) electrons. The van der Waals surface area contributed by atoms with E-state index in [0.29, 0.717) is 23.8 Å². The summed E-state index contributed by atoms with van der Waals surface area (Å²) in [7, 11) is 3.71. The van der Waals surface area contributed by atoms with Crippen molar-refractivity contribution in [2.75, 3.05) is 19.0 Å². The molecule has 25 heavy (non-hydrogen) atoms. The van der Waals surface area contributed by atoms with Crippen molar-refractivity contribution in [3.05, 3.63) is 52.4 Å². The molecule has 0 fully saturated rings. The van der Waals surface area contributed by atoms with Gasteiger partial charge in [-0.05, 0) is 19.1 Å². The second-order valence-electron chi connectivity index (χ2n) is 5.63. The van der Waals surface area contributed by atoms with E-state index >= 15 is 0 Å². The highest BCUT2D eigenvalue weighted by molar-refractivity contribution is 7.09. The molecule has 8 heteroatoms. The van der Waals surface area contributed by atoms with Crippen LogP contribution >= 0.6 is 11.3 Å². The maximum atomic E-state index is 12.7. The SMILES string of the molecule is Cc1csc(CNC(=O)c2cnc(N(C)C)nc2-c2ccncc2)n1. The van der Waals surface area contributed by atoms with E-state index in [1.165, 1.54) is 11.3 Å². The molecule has 3 rings (SSSR count). The number of nitrogens with zero attached hydrogens (tertiary/aromatic N) is 5. The standard InChI is InChI=1S/C17H18N6OS/c1-11-10-25-14(21-11)9-19-16(24)13-8-20-17(23(2)3)22-15(13)12-4-6-18-7-5-12/h4-8,10H,9H2,1-3H3,(H,19,24). The third kappa shape index (κ3) is 3.97. The third-order valence-electron chi connectivity index (χ3n) is 3.44. The van der Waals surface area contributed by atoms with Crippen LogP contribution in [-0.4, -0.2) is 39.9 Å². The van der Waals surface area contributed by atoms with Crippen molar-refractivity contribution in [3.8, 4) is 11.3 Å². The van der Waals surface area contributed by atoms with Gasteiger partial charge in [0, 0.05) is 49.3 Å². The number of rotatable bonds is 5. The fraction of sp³-hybridized carbons (Fsp3) is 0.235. The van der Waals surface area contributed by atoms with Gasteiger partial charge in [0.15, 0.2) is 0 Å². The molecule has 0 spiro atoms. The van der Waals surface area contributed by atoms with Crippen LogP contribution in [0.1, 0.15) is 21.1 Å². The second kappa shape index (κ2) is 7.35. The molecular formula is C17H18N6OS. The second-order valence-corrected chi connectivity index (χ2v) is 6.57. The molecule has 0 unspecified atom stereocenters. The van der Waals surface area contributed by atoms with Crippen molar-refractivity contribution in [2.45, 2.75) is 13.5 Å². The van der Waals surface area contributed by atoms with Crippen LogP contribution in [0.2, 0.25) is 0 Å². The lowest BCUT2D eigenvalue weighted by molar-refractivity contribution is 0.0951. The Morgan fingerprint density at radius 1 is 1.24 bits per heavy atom. The molecule has 0 saturated heterocycles. The Labute approximate surface area is 149 Å². The van der Waals surface area contributed by atoms with Crippen LogP contribution in [0, 0.1) is 6.92 Å². The number of aromatic nitrogens is 4. The van der Waals surface area contributed by atoms with Gasteiger partial charge in [0.25, 0.3) is 5.91 Å². The van der Waals surface area contributed by atoms with Crippen LogP contribution in [0.4, 0.5) is 5.95 Å². The van der Waals surface area contributed by atoms with E-state index in [-0.39, 0.29) is 5.91 Å². The Bertz CT molecular complexity index is 878. The van der Waals surface area contributed by atoms with Gasteiger partial charge in [-0.25, -0.2) is 15.0 Å². The lowest BCUT2D eigenvalue weighted by atomic mass is 10.1. The first-order valence-electron chi connectivity index (χ1n) is 7.68. The zero-order valence-corrected chi connectivity index (χ0v) is 15.0. The van der Waals surface area contributed by atoms with Crippen molar-refractivity contribution >= 4 is 23.2 Å². The smallest absolute Gasteiger partial charge is 0.255 e. The molecule has 0 aliphatic heterocycles. The molecule has 1 amide bonds. The highest BCUT2D eigenvalue weighted by Gasteiger charge is 2.17. The summed E-state index contributed by atoms with van der Waals surface area (Å²) in [6.07, 6.45) is 4.90. The quantitative estimate of drug-likeness (QED) is 0.757. The number of pyridine rings is 1. The normalized spacial score (nSPS) is 10.5. The fourth-order valence-electron chi connectivity index (χ4n) is 2.22. The molecule has 3 aromatic rings. The van der Waals surface area contributed by atoms with E-state index in [0.717, 1.165) is 16.3 Å². The summed E-state index contributed by atoms with van der Waals surface area (Å²) in [6, 6.07) is 3.64. The van der Waals surface area contributed by atoms with Gasteiger partial charge in [0.1, 0.15) is 5.01 Å².